The summed E-state index contributed by atoms with van der Waals surface area (Å²) in [6.07, 6.45) is 2.78. The van der Waals surface area contributed by atoms with Crippen LogP contribution in [0.2, 0.25) is 0 Å². The summed E-state index contributed by atoms with van der Waals surface area (Å²) in [6.45, 7) is 2.67. The molecule has 6 nitrogen and oxygen atoms in total. The van der Waals surface area contributed by atoms with Crippen LogP contribution in [0, 0.1) is 6.92 Å². The second-order valence-electron chi connectivity index (χ2n) is 7.30. The lowest BCUT2D eigenvalue weighted by molar-refractivity contribution is 0.206. The first-order valence-corrected chi connectivity index (χ1v) is 10.5. The number of aromatic nitrogens is 2. The van der Waals surface area contributed by atoms with Crippen LogP contribution in [0.15, 0.2) is 48.5 Å². The van der Waals surface area contributed by atoms with Crippen molar-refractivity contribution < 1.29 is 9.53 Å². The smallest absolute Gasteiger partial charge is 0.324 e. The van der Waals surface area contributed by atoms with E-state index in [1.54, 1.807) is 7.11 Å². The van der Waals surface area contributed by atoms with Gasteiger partial charge in [-0.05, 0) is 43.0 Å². The van der Waals surface area contributed by atoms with E-state index in [4.69, 9.17) is 4.74 Å². The van der Waals surface area contributed by atoms with Gasteiger partial charge in [0.1, 0.15) is 10.8 Å². The number of amides is 2. The maximum absolute atomic E-state index is 12.9. The molecule has 1 aromatic heterocycles. The molecule has 2 aromatic carbocycles. The van der Waals surface area contributed by atoms with E-state index in [1.165, 1.54) is 16.9 Å². The van der Waals surface area contributed by atoms with E-state index in [-0.39, 0.29) is 6.03 Å². The van der Waals surface area contributed by atoms with Crippen molar-refractivity contribution in [2.45, 2.75) is 38.8 Å². The van der Waals surface area contributed by atoms with E-state index >= 15 is 0 Å². The number of ether oxygens (including phenoxy) is 1. The number of hydrogen-bond donors (Lipinski definition) is 1. The van der Waals surface area contributed by atoms with Gasteiger partial charge in [-0.1, -0.05) is 53.3 Å². The lowest BCUT2D eigenvalue weighted by Crippen LogP contribution is -2.36. The molecule has 0 atom stereocenters. The van der Waals surface area contributed by atoms with Crippen LogP contribution in [0.25, 0.3) is 0 Å². The fourth-order valence-corrected chi connectivity index (χ4v) is 3.98. The van der Waals surface area contributed by atoms with Crippen molar-refractivity contribution in [3.63, 3.8) is 0 Å². The predicted molar refractivity (Wildman–Crippen MR) is 114 cm³/mol. The number of rotatable bonds is 7. The number of carbonyl (C=O) groups excluding carboxylic acids is 1. The molecule has 1 aliphatic rings. The largest absolute Gasteiger partial charge is 0.497 e. The average Bonchev–Trinajstić information content (AvgIpc) is 3.47. The van der Waals surface area contributed by atoms with Gasteiger partial charge < -0.3 is 9.64 Å². The molecular formula is C22H24N4O2S. The van der Waals surface area contributed by atoms with Crippen molar-refractivity contribution in [1.82, 2.24) is 15.1 Å². The van der Waals surface area contributed by atoms with E-state index in [0.717, 1.165) is 34.7 Å². The van der Waals surface area contributed by atoms with Crippen LogP contribution in [0.4, 0.5) is 9.93 Å². The van der Waals surface area contributed by atoms with Gasteiger partial charge in [0.2, 0.25) is 5.13 Å². The minimum Gasteiger partial charge on any atom is -0.497 e. The number of carbonyl (C=O) groups is 1. The van der Waals surface area contributed by atoms with Crippen molar-refractivity contribution in [2.24, 2.45) is 0 Å². The van der Waals surface area contributed by atoms with Crippen LogP contribution >= 0.6 is 11.3 Å². The number of hydrogen-bond acceptors (Lipinski definition) is 5. The van der Waals surface area contributed by atoms with Gasteiger partial charge in [0.05, 0.1) is 7.11 Å². The quantitative estimate of drug-likeness (QED) is 0.618. The summed E-state index contributed by atoms with van der Waals surface area (Å²) in [5.74, 6) is 0.827. The standard InChI is InChI=1S/C22H24N4O2S/c1-15-4-3-5-17(12-15)14-26(18-8-9-18)22(27)23-21-25-24-20(29-21)13-16-6-10-19(28-2)11-7-16/h3-7,10-12,18H,8-9,13-14H2,1-2H3,(H,23,25,27). The Hall–Kier alpha value is -2.93. The van der Waals surface area contributed by atoms with Crippen molar-refractivity contribution >= 4 is 22.5 Å². The van der Waals surface area contributed by atoms with E-state index < -0.39 is 0 Å². The Morgan fingerprint density at radius 2 is 1.97 bits per heavy atom. The Kier molecular flexibility index (Phi) is 5.76. The maximum Gasteiger partial charge on any atom is 0.324 e. The third kappa shape index (κ3) is 5.12. The minimum absolute atomic E-state index is 0.110. The lowest BCUT2D eigenvalue weighted by atomic mass is 10.1. The Labute approximate surface area is 174 Å². The van der Waals surface area contributed by atoms with Crippen LogP contribution in [-0.4, -0.2) is 34.3 Å². The van der Waals surface area contributed by atoms with Gasteiger partial charge in [-0.15, -0.1) is 10.2 Å². The van der Waals surface area contributed by atoms with Gasteiger partial charge in [-0.3, -0.25) is 5.32 Å². The summed E-state index contributed by atoms with van der Waals surface area (Å²) in [4.78, 5) is 14.8. The number of nitrogens with one attached hydrogen (secondary N) is 1. The van der Waals surface area contributed by atoms with E-state index in [0.29, 0.717) is 24.1 Å². The number of urea groups is 1. The monoisotopic (exact) mass is 408 g/mol. The van der Waals surface area contributed by atoms with Crippen molar-refractivity contribution in [3.05, 3.63) is 70.2 Å². The number of methoxy groups -OCH3 is 1. The first kappa shape index (κ1) is 19.4. The molecule has 1 fully saturated rings. The SMILES string of the molecule is COc1ccc(Cc2nnc(NC(=O)N(Cc3cccc(C)c3)C3CC3)s2)cc1. The van der Waals surface area contributed by atoms with E-state index in [2.05, 4.69) is 40.6 Å². The van der Waals surface area contributed by atoms with Crippen molar-refractivity contribution in [1.29, 1.82) is 0 Å². The third-order valence-electron chi connectivity index (χ3n) is 4.88. The highest BCUT2D eigenvalue weighted by molar-refractivity contribution is 7.15. The second kappa shape index (κ2) is 8.61. The van der Waals surface area contributed by atoms with Gasteiger partial charge >= 0.3 is 6.03 Å². The number of anilines is 1. The zero-order valence-electron chi connectivity index (χ0n) is 16.6. The zero-order chi connectivity index (χ0) is 20.2. The lowest BCUT2D eigenvalue weighted by Gasteiger charge is -2.22. The normalized spacial score (nSPS) is 13.2. The molecule has 4 rings (SSSR count). The zero-order valence-corrected chi connectivity index (χ0v) is 17.4. The summed E-state index contributed by atoms with van der Waals surface area (Å²) in [5.41, 5.74) is 3.47. The number of nitrogens with zero attached hydrogens (tertiary/aromatic N) is 3. The van der Waals surface area contributed by atoms with E-state index in [9.17, 15) is 4.79 Å². The van der Waals surface area contributed by atoms with Gasteiger partial charge in [0, 0.05) is 19.0 Å². The average molecular weight is 409 g/mol. The maximum atomic E-state index is 12.9. The van der Waals surface area contributed by atoms with Crippen LogP contribution in [0.3, 0.4) is 0 Å². The summed E-state index contributed by atoms with van der Waals surface area (Å²) in [7, 11) is 1.65. The fraction of sp³-hybridized carbons (Fsp3) is 0.318. The second-order valence-corrected chi connectivity index (χ2v) is 8.37. The summed E-state index contributed by atoms with van der Waals surface area (Å²) < 4.78 is 5.19. The van der Waals surface area contributed by atoms with Crippen molar-refractivity contribution in [3.8, 4) is 5.75 Å². The van der Waals surface area contributed by atoms with Gasteiger partial charge in [0.25, 0.3) is 0 Å². The highest BCUT2D eigenvalue weighted by Gasteiger charge is 2.33. The Bertz CT molecular complexity index is 982. The number of aryl methyl sites for hydroxylation is 1. The van der Waals surface area contributed by atoms with Crippen molar-refractivity contribution in [2.75, 3.05) is 12.4 Å². The molecule has 1 saturated carbocycles. The highest BCUT2D eigenvalue weighted by Crippen LogP contribution is 2.29. The molecule has 1 N–H and O–H groups in total. The van der Waals surface area contributed by atoms with Crippen LogP contribution in [-0.2, 0) is 13.0 Å². The molecule has 0 aliphatic heterocycles. The Morgan fingerprint density at radius 3 is 2.66 bits per heavy atom. The summed E-state index contributed by atoms with van der Waals surface area (Å²) in [6, 6.07) is 16.4. The molecule has 0 radical (unpaired) electrons. The first-order valence-electron chi connectivity index (χ1n) is 9.69. The van der Waals surface area contributed by atoms with Crippen LogP contribution in [0.5, 0.6) is 5.75 Å². The predicted octanol–water partition coefficient (Wildman–Crippen LogP) is 4.64. The molecule has 0 spiro atoms. The van der Waals surface area contributed by atoms with Crippen LogP contribution in [0.1, 0.15) is 34.5 Å². The van der Waals surface area contributed by atoms with Gasteiger partial charge in [-0.2, -0.15) is 0 Å². The molecule has 2 amide bonds. The Balaban J connectivity index is 1.39. The molecule has 1 aliphatic carbocycles. The van der Waals surface area contributed by atoms with Gasteiger partial charge in [-0.25, -0.2) is 4.79 Å². The molecule has 150 valence electrons. The fourth-order valence-electron chi connectivity index (χ4n) is 3.22. The minimum atomic E-state index is -0.110. The molecule has 7 heteroatoms. The Morgan fingerprint density at radius 1 is 1.17 bits per heavy atom. The van der Waals surface area contributed by atoms with Gasteiger partial charge in [0.15, 0.2) is 0 Å². The molecule has 0 bridgehead atoms. The summed E-state index contributed by atoms with van der Waals surface area (Å²) >= 11 is 1.41. The third-order valence-corrected chi connectivity index (χ3v) is 5.72. The molecular weight excluding hydrogens is 384 g/mol. The van der Waals surface area contributed by atoms with E-state index in [1.807, 2.05) is 35.2 Å². The molecule has 0 unspecified atom stereocenters. The molecule has 29 heavy (non-hydrogen) atoms. The summed E-state index contributed by atoms with van der Waals surface area (Å²) in [5, 5.41) is 12.7. The first-order chi connectivity index (χ1) is 14.1. The highest BCUT2D eigenvalue weighted by atomic mass is 32.1. The topological polar surface area (TPSA) is 67.4 Å². The van der Waals surface area contributed by atoms with Crippen LogP contribution < -0.4 is 10.1 Å². The number of benzene rings is 2. The molecule has 3 aromatic rings. The molecule has 0 saturated heterocycles. The molecule has 1 heterocycles.